The Morgan fingerprint density at radius 1 is 1.08 bits per heavy atom. The third-order valence-electron chi connectivity index (χ3n) is 4.23. The van der Waals surface area contributed by atoms with E-state index < -0.39 is 0 Å². The standard InChI is InChI=1S/C19H17N3O2S/c23-17(12-25-19-21-20-18(24)22(19)16-10-11-16)15-8-6-14(7-9-15)13-4-2-1-3-5-13/h1-9,16H,10-12H2,(H,20,24). The van der Waals surface area contributed by atoms with E-state index in [2.05, 4.69) is 10.2 Å². The number of thioether (sulfide) groups is 1. The van der Waals surface area contributed by atoms with Gasteiger partial charge in [0.1, 0.15) is 0 Å². The minimum absolute atomic E-state index is 0.0300. The highest BCUT2D eigenvalue weighted by Gasteiger charge is 2.28. The Morgan fingerprint density at radius 3 is 2.44 bits per heavy atom. The maximum Gasteiger partial charge on any atom is 0.344 e. The lowest BCUT2D eigenvalue weighted by Crippen LogP contribution is -2.16. The number of rotatable bonds is 6. The quantitative estimate of drug-likeness (QED) is 0.545. The molecule has 0 saturated heterocycles. The maximum absolute atomic E-state index is 12.4. The number of carbonyl (C=O) groups excluding carboxylic acids is 1. The van der Waals surface area contributed by atoms with Gasteiger partial charge in [0.2, 0.25) is 0 Å². The van der Waals surface area contributed by atoms with E-state index in [0.29, 0.717) is 10.7 Å². The molecule has 0 radical (unpaired) electrons. The van der Waals surface area contributed by atoms with Crippen molar-refractivity contribution in [1.82, 2.24) is 14.8 Å². The topological polar surface area (TPSA) is 67.8 Å². The zero-order chi connectivity index (χ0) is 17.2. The Bertz CT molecular complexity index is 941. The van der Waals surface area contributed by atoms with Crippen LogP contribution >= 0.6 is 11.8 Å². The van der Waals surface area contributed by atoms with E-state index >= 15 is 0 Å². The fraction of sp³-hybridized carbons (Fsp3) is 0.211. The molecule has 1 saturated carbocycles. The van der Waals surface area contributed by atoms with Gasteiger partial charge in [-0.1, -0.05) is 66.4 Å². The summed E-state index contributed by atoms with van der Waals surface area (Å²) in [7, 11) is 0. The van der Waals surface area contributed by atoms with Crippen LogP contribution in [0.1, 0.15) is 29.2 Å². The van der Waals surface area contributed by atoms with Crippen LogP contribution in [0.25, 0.3) is 11.1 Å². The summed E-state index contributed by atoms with van der Waals surface area (Å²) in [6.45, 7) is 0. The van der Waals surface area contributed by atoms with Crippen LogP contribution in [-0.2, 0) is 0 Å². The van der Waals surface area contributed by atoms with Gasteiger partial charge < -0.3 is 0 Å². The average molecular weight is 351 g/mol. The molecule has 6 heteroatoms. The van der Waals surface area contributed by atoms with Crippen LogP contribution in [0.4, 0.5) is 0 Å². The van der Waals surface area contributed by atoms with E-state index in [-0.39, 0.29) is 23.3 Å². The molecule has 2 aromatic carbocycles. The van der Waals surface area contributed by atoms with E-state index in [4.69, 9.17) is 0 Å². The largest absolute Gasteiger partial charge is 0.344 e. The van der Waals surface area contributed by atoms with Crippen LogP contribution in [0.5, 0.6) is 0 Å². The molecule has 1 aromatic heterocycles. The van der Waals surface area contributed by atoms with Crippen molar-refractivity contribution in [2.45, 2.75) is 24.0 Å². The van der Waals surface area contributed by atoms with Crippen LogP contribution < -0.4 is 5.69 Å². The molecule has 1 N–H and O–H groups in total. The highest BCUT2D eigenvalue weighted by atomic mass is 32.2. The lowest BCUT2D eigenvalue weighted by molar-refractivity contribution is 0.102. The van der Waals surface area contributed by atoms with E-state index in [1.807, 2.05) is 54.6 Å². The molecule has 0 unspecified atom stereocenters. The molecule has 25 heavy (non-hydrogen) atoms. The Hall–Kier alpha value is -2.60. The molecule has 0 amide bonds. The first-order chi connectivity index (χ1) is 12.2. The number of benzene rings is 2. The molecule has 0 aliphatic heterocycles. The summed E-state index contributed by atoms with van der Waals surface area (Å²) < 4.78 is 1.66. The van der Waals surface area contributed by atoms with Gasteiger partial charge in [-0.05, 0) is 24.0 Å². The van der Waals surface area contributed by atoms with Crippen LogP contribution in [0, 0.1) is 0 Å². The van der Waals surface area contributed by atoms with Crippen LogP contribution in [-0.4, -0.2) is 26.3 Å². The van der Waals surface area contributed by atoms with Crippen LogP contribution in [0.15, 0.2) is 64.5 Å². The molecule has 1 fully saturated rings. The fourth-order valence-electron chi connectivity index (χ4n) is 2.74. The number of hydrogen-bond acceptors (Lipinski definition) is 4. The number of aromatic nitrogens is 3. The highest BCUT2D eigenvalue weighted by Crippen LogP contribution is 2.36. The molecule has 126 valence electrons. The lowest BCUT2D eigenvalue weighted by atomic mass is 10.0. The first kappa shape index (κ1) is 15.9. The van der Waals surface area contributed by atoms with Crippen molar-refractivity contribution in [2.75, 3.05) is 5.75 Å². The molecular weight excluding hydrogens is 334 g/mol. The van der Waals surface area contributed by atoms with E-state index in [1.165, 1.54) is 11.8 Å². The van der Waals surface area contributed by atoms with Gasteiger partial charge in [0.25, 0.3) is 0 Å². The Kier molecular flexibility index (Phi) is 4.28. The van der Waals surface area contributed by atoms with Gasteiger partial charge in [0, 0.05) is 11.6 Å². The summed E-state index contributed by atoms with van der Waals surface area (Å²) in [6, 6.07) is 17.9. The van der Waals surface area contributed by atoms with Crippen molar-refractivity contribution in [1.29, 1.82) is 0 Å². The van der Waals surface area contributed by atoms with E-state index in [1.54, 1.807) is 4.57 Å². The number of hydrogen-bond donors (Lipinski definition) is 1. The number of carbonyl (C=O) groups is 1. The number of Topliss-reactive ketones (excluding diaryl/α,β-unsaturated/α-hetero) is 1. The number of aromatic amines is 1. The number of nitrogens with zero attached hydrogens (tertiary/aromatic N) is 2. The second-order valence-electron chi connectivity index (χ2n) is 6.07. The van der Waals surface area contributed by atoms with Crippen LogP contribution in [0.3, 0.4) is 0 Å². The van der Waals surface area contributed by atoms with Gasteiger partial charge in [0.05, 0.1) is 5.75 Å². The minimum atomic E-state index is -0.190. The smallest absolute Gasteiger partial charge is 0.293 e. The average Bonchev–Trinajstić information content (AvgIpc) is 3.43. The summed E-state index contributed by atoms with van der Waals surface area (Å²) in [5.41, 5.74) is 2.69. The van der Waals surface area contributed by atoms with Gasteiger partial charge >= 0.3 is 5.69 Å². The van der Waals surface area contributed by atoms with Gasteiger partial charge in [-0.15, -0.1) is 5.10 Å². The van der Waals surface area contributed by atoms with Crippen molar-refractivity contribution >= 4 is 17.5 Å². The SMILES string of the molecule is O=C(CSc1n[nH]c(=O)n1C1CC1)c1ccc(-c2ccccc2)cc1. The van der Waals surface area contributed by atoms with Crippen molar-refractivity contribution < 1.29 is 4.79 Å². The minimum Gasteiger partial charge on any atom is -0.293 e. The van der Waals surface area contributed by atoms with E-state index in [0.717, 1.165) is 24.0 Å². The normalized spacial score (nSPS) is 13.8. The molecular formula is C19H17N3O2S. The molecule has 0 spiro atoms. The Morgan fingerprint density at radius 2 is 1.76 bits per heavy atom. The second kappa shape index (κ2) is 6.72. The summed E-state index contributed by atoms with van der Waals surface area (Å²) in [6.07, 6.45) is 2.00. The molecule has 1 aliphatic carbocycles. The van der Waals surface area contributed by atoms with Crippen molar-refractivity contribution in [3.63, 3.8) is 0 Å². The predicted octanol–water partition coefficient (Wildman–Crippen LogP) is 3.55. The molecule has 4 rings (SSSR count). The summed E-state index contributed by atoms with van der Waals surface area (Å²) in [4.78, 5) is 24.2. The van der Waals surface area contributed by atoms with Gasteiger partial charge in [-0.25, -0.2) is 9.89 Å². The third kappa shape index (κ3) is 3.44. The molecule has 1 aliphatic rings. The fourth-order valence-corrected chi connectivity index (χ4v) is 3.65. The molecule has 0 bridgehead atoms. The third-order valence-corrected chi connectivity index (χ3v) is 5.18. The number of H-pyrrole nitrogens is 1. The number of ketones is 1. The van der Waals surface area contributed by atoms with E-state index in [9.17, 15) is 9.59 Å². The van der Waals surface area contributed by atoms with Gasteiger partial charge in [0.15, 0.2) is 10.9 Å². The first-order valence-corrected chi connectivity index (χ1v) is 9.19. The Labute approximate surface area is 149 Å². The number of nitrogens with one attached hydrogen (secondary N) is 1. The van der Waals surface area contributed by atoms with Crippen molar-refractivity contribution in [3.05, 3.63) is 70.6 Å². The lowest BCUT2D eigenvalue weighted by Gasteiger charge is -2.05. The Balaban J connectivity index is 1.44. The molecule has 1 heterocycles. The van der Waals surface area contributed by atoms with Gasteiger partial charge in [-0.3, -0.25) is 9.36 Å². The zero-order valence-corrected chi connectivity index (χ0v) is 14.3. The maximum atomic E-state index is 12.4. The van der Waals surface area contributed by atoms with Gasteiger partial charge in [-0.2, -0.15) is 0 Å². The zero-order valence-electron chi connectivity index (χ0n) is 13.5. The predicted molar refractivity (Wildman–Crippen MR) is 98.1 cm³/mol. The second-order valence-corrected chi connectivity index (χ2v) is 7.01. The summed E-state index contributed by atoms with van der Waals surface area (Å²) in [5.74, 6) is 0.296. The molecule has 3 aromatic rings. The summed E-state index contributed by atoms with van der Waals surface area (Å²) in [5, 5.41) is 7.10. The van der Waals surface area contributed by atoms with Crippen LogP contribution in [0.2, 0.25) is 0 Å². The highest BCUT2D eigenvalue weighted by molar-refractivity contribution is 7.99. The summed E-state index contributed by atoms with van der Waals surface area (Å²) >= 11 is 1.31. The molecule has 0 atom stereocenters. The van der Waals surface area contributed by atoms with Crippen molar-refractivity contribution in [3.8, 4) is 11.1 Å². The monoisotopic (exact) mass is 351 g/mol. The first-order valence-electron chi connectivity index (χ1n) is 8.21. The molecule has 5 nitrogen and oxygen atoms in total. The van der Waals surface area contributed by atoms with Crippen molar-refractivity contribution in [2.24, 2.45) is 0 Å².